The van der Waals surface area contributed by atoms with Crippen molar-refractivity contribution in [3.8, 4) is 44.5 Å². The van der Waals surface area contributed by atoms with Gasteiger partial charge in [0.2, 0.25) is 0 Å². The van der Waals surface area contributed by atoms with E-state index >= 15 is 0 Å². The molecule has 0 radical (unpaired) electrons. The summed E-state index contributed by atoms with van der Waals surface area (Å²) in [6, 6.07) is 67.7. The van der Waals surface area contributed by atoms with Gasteiger partial charge in [-0.05, 0) is 122 Å². The zero-order valence-electron chi connectivity index (χ0n) is 28.0. The second-order valence-electron chi connectivity index (χ2n) is 13.9. The molecule has 0 nitrogen and oxygen atoms in total. The molecule has 0 heterocycles. The Morgan fingerprint density at radius 3 is 1.25 bits per heavy atom. The molecule has 10 aromatic rings. The maximum Gasteiger partial charge on any atom is -0.00132 e. The maximum atomic E-state index is 2.47. The standard InChI is InChI=1S/C51H32/c1-2-14-33(15-3-1)48-37-19-4-8-23-41(37)50(42-24-9-5-20-38(42)48)51-43-25-10-6-21-39(43)49(40-22-7-11-26-44(40)51)36-29-28-34-30-35-18-12-16-32-17-13-27-45(47(32)35)46(34)31-36/h1-29,31H,30H2. The second kappa shape index (κ2) is 11.0. The molecule has 0 bridgehead atoms. The highest BCUT2D eigenvalue weighted by Crippen LogP contribution is 2.50. The molecule has 0 N–H and O–H groups in total. The summed E-state index contributed by atoms with van der Waals surface area (Å²) in [6.45, 7) is 0. The van der Waals surface area contributed by atoms with Crippen LogP contribution in [0.25, 0.3) is 98.4 Å². The van der Waals surface area contributed by atoms with Crippen LogP contribution in [0.2, 0.25) is 0 Å². The van der Waals surface area contributed by atoms with E-state index in [1.807, 2.05) is 0 Å². The summed E-state index contributed by atoms with van der Waals surface area (Å²) < 4.78 is 0. The molecule has 0 amide bonds. The van der Waals surface area contributed by atoms with Crippen molar-refractivity contribution in [1.82, 2.24) is 0 Å². The van der Waals surface area contributed by atoms with Gasteiger partial charge in [-0.1, -0.05) is 176 Å². The third-order valence-electron chi connectivity index (χ3n) is 11.2. The number of fused-ring (bicyclic) bond motifs is 6. The van der Waals surface area contributed by atoms with Gasteiger partial charge < -0.3 is 0 Å². The van der Waals surface area contributed by atoms with Crippen molar-refractivity contribution in [3.63, 3.8) is 0 Å². The van der Waals surface area contributed by atoms with Crippen LogP contribution in [0.1, 0.15) is 11.1 Å². The van der Waals surface area contributed by atoms with Crippen LogP contribution in [0, 0.1) is 0 Å². The van der Waals surface area contributed by atoms with Gasteiger partial charge in [0.05, 0.1) is 0 Å². The molecule has 0 saturated carbocycles. The van der Waals surface area contributed by atoms with Crippen molar-refractivity contribution >= 4 is 53.9 Å². The fourth-order valence-corrected chi connectivity index (χ4v) is 9.15. The molecule has 0 atom stereocenters. The molecule has 0 heteroatoms. The average Bonchev–Trinajstić information content (AvgIpc) is 3.20. The van der Waals surface area contributed by atoms with E-state index in [2.05, 4.69) is 182 Å². The Morgan fingerprint density at radius 1 is 0.275 bits per heavy atom. The average molecular weight is 645 g/mol. The Balaban J connectivity index is 1.25. The van der Waals surface area contributed by atoms with Crippen molar-refractivity contribution in [2.24, 2.45) is 0 Å². The molecule has 0 saturated heterocycles. The van der Waals surface area contributed by atoms with Crippen molar-refractivity contribution in [2.45, 2.75) is 6.42 Å². The zero-order valence-corrected chi connectivity index (χ0v) is 28.0. The van der Waals surface area contributed by atoms with Crippen LogP contribution in [0.5, 0.6) is 0 Å². The molecule has 1 aliphatic rings. The molecule has 0 unspecified atom stereocenters. The molecule has 0 fully saturated rings. The highest BCUT2D eigenvalue weighted by Gasteiger charge is 2.24. The summed E-state index contributed by atoms with van der Waals surface area (Å²) in [5.74, 6) is 0. The molecule has 51 heavy (non-hydrogen) atoms. The Labute approximate surface area is 296 Å². The van der Waals surface area contributed by atoms with E-state index in [9.17, 15) is 0 Å². The predicted molar refractivity (Wildman–Crippen MR) is 219 cm³/mol. The number of rotatable bonds is 3. The van der Waals surface area contributed by atoms with Crippen LogP contribution in [0.15, 0.2) is 182 Å². The van der Waals surface area contributed by atoms with Crippen LogP contribution < -0.4 is 0 Å². The van der Waals surface area contributed by atoms with Crippen LogP contribution in [0.3, 0.4) is 0 Å². The molecule has 236 valence electrons. The first-order valence-corrected chi connectivity index (χ1v) is 17.9. The summed E-state index contributed by atoms with van der Waals surface area (Å²) in [5.41, 5.74) is 13.2. The summed E-state index contributed by atoms with van der Waals surface area (Å²) in [5, 5.41) is 12.9. The zero-order chi connectivity index (χ0) is 33.5. The summed E-state index contributed by atoms with van der Waals surface area (Å²) in [6.07, 6.45) is 0.962. The van der Waals surface area contributed by atoms with Gasteiger partial charge in [-0.15, -0.1) is 0 Å². The molecule has 0 aromatic heterocycles. The molecule has 0 aliphatic heterocycles. The fourth-order valence-electron chi connectivity index (χ4n) is 9.15. The smallest absolute Gasteiger partial charge is 0.00132 e. The quantitative estimate of drug-likeness (QED) is 0.168. The summed E-state index contributed by atoms with van der Waals surface area (Å²) >= 11 is 0. The number of hydrogen-bond acceptors (Lipinski definition) is 0. The van der Waals surface area contributed by atoms with Crippen molar-refractivity contribution < 1.29 is 0 Å². The molecule has 10 aromatic carbocycles. The Hall–Kier alpha value is -6.50. The van der Waals surface area contributed by atoms with Gasteiger partial charge in [0.15, 0.2) is 0 Å². The lowest BCUT2D eigenvalue weighted by molar-refractivity contribution is 1.20. The van der Waals surface area contributed by atoms with Gasteiger partial charge >= 0.3 is 0 Å². The first kappa shape index (κ1) is 28.3. The van der Waals surface area contributed by atoms with Gasteiger partial charge in [-0.3, -0.25) is 0 Å². The second-order valence-corrected chi connectivity index (χ2v) is 13.9. The molecule has 1 aliphatic carbocycles. The normalized spacial score (nSPS) is 12.2. The fraction of sp³-hybridized carbons (Fsp3) is 0.0196. The summed E-state index contributed by atoms with van der Waals surface area (Å²) in [7, 11) is 0. The van der Waals surface area contributed by atoms with Gasteiger partial charge in [-0.2, -0.15) is 0 Å². The van der Waals surface area contributed by atoms with Crippen LogP contribution in [-0.4, -0.2) is 0 Å². The Bertz CT molecular complexity index is 2920. The minimum absolute atomic E-state index is 0.962. The topological polar surface area (TPSA) is 0 Å². The SMILES string of the molecule is c1ccc(-c2c3ccccc3c(-c3c4ccccc4c(-c4ccc5c(c4)-c4cccc6cccc(c46)C5)c4ccccc34)c3ccccc23)cc1. The highest BCUT2D eigenvalue weighted by molar-refractivity contribution is 6.30. The van der Waals surface area contributed by atoms with Gasteiger partial charge in [0, 0.05) is 0 Å². The van der Waals surface area contributed by atoms with E-state index in [4.69, 9.17) is 0 Å². The lowest BCUT2D eigenvalue weighted by Crippen LogP contribution is -2.01. The molecular formula is C51H32. The largest absolute Gasteiger partial charge is 0.0622 e. The monoisotopic (exact) mass is 644 g/mol. The first-order chi connectivity index (χ1) is 25.3. The lowest BCUT2D eigenvalue weighted by atomic mass is 9.79. The van der Waals surface area contributed by atoms with E-state index in [-0.39, 0.29) is 0 Å². The van der Waals surface area contributed by atoms with E-state index < -0.39 is 0 Å². The minimum Gasteiger partial charge on any atom is -0.0622 e. The molecule has 0 spiro atoms. The van der Waals surface area contributed by atoms with Crippen LogP contribution in [-0.2, 0) is 6.42 Å². The maximum absolute atomic E-state index is 2.47. The number of benzene rings is 10. The third-order valence-corrected chi connectivity index (χ3v) is 11.2. The molecular weight excluding hydrogens is 613 g/mol. The lowest BCUT2D eigenvalue weighted by Gasteiger charge is -2.24. The Morgan fingerprint density at radius 2 is 0.725 bits per heavy atom. The number of hydrogen-bond donors (Lipinski definition) is 0. The predicted octanol–water partition coefficient (Wildman–Crippen LogP) is 14.0. The van der Waals surface area contributed by atoms with Crippen molar-refractivity contribution in [2.75, 3.05) is 0 Å². The third kappa shape index (κ3) is 4.14. The van der Waals surface area contributed by atoms with Gasteiger partial charge in [-0.25, -0.2) is 0 Å². The van der Waals surface area contributed by atoms with E-state index in [0.717, 1.165) is 6.42 Å². The van der Waals surface area contributed by atoms with Gasteiger partial charge in [0.1, 0.15) is 0 Å². The van der Waals surface area contributed by atoms with E-state index in [1.165, 1.54) is 109 Å². The van der Waals surface area contributed by atoms with Crippen molar-refractivity contribution in [1.29, 1.82) is 0 Å². The summed E-state index contributed by atoms with van der Waals surface area (Å²) in [4.78, 5) is 0. The van der Waals surface area contributed by atoms with Crippen LogP contribution >= 0.6 is 0 Å². The highest BCUT2D eigenvalue weighted by atomic mass is 14.3. The first-order valence-electron chi connectivity index (χ1n) is 17.9. The van der Waals surface area contributed by atoms with Gasteiger partial charge in [0.25, 0.3) is 0 Å². The van der Waals surface area contributed by atoms with E-state index in [0.29, 0.717) is 0 Å². The van der Waals surface area contributed by atoms with E-state index in [1.54, 1.807) is 0 Å². The Kier molecular flexibility index (Phi) is 6.12. The minimum atomic E-state index is 0.962. The molecule has 11 rings (SSSR count). The van der Waals surface area contributed by atoms with Crippen molar-refractivity contribution in [3.05, 3.63) is 193 Å². The van der Waals surface area contributed by atoms with Crippen LogP contribution in [0.4, 0.5) is 0 Å².